The number of hydrogen-bond donors (Lipinski definition) is 7. The molecule has 1 aromatic carbocycles. The van der Waals surface area contributed by atoms with Crippen molar-refractivity contribution in [3.63, 3.8) is 0 Å². The van der Waals surface area contributed by atoms with Gasteiger partial charge in [0.25, 0.3) is 0 Å². The quantitative estimate of drug-likeness (QED) is 0.201. The Bertz CT molecular complexity index is 716. The van der Waals surface area contributed by atoms with Crippen LogP contribution in [0.3, 0.4) is 0 Å². The molecule has 0 bridgehead atoms. The first-order valence-corrected chi connectivity index (χ1v) is 9.47. The summed E-state index contributed by atoms with van der Waals surface area (Å²) in [7, 11) is 0. The summed E-state index contributed by atoms with van der Waals surface area (Å²) >= 11 is 3.83. The van der Waals surface area contributed by atoms with Gasteiger partial charge < -0.3 is 31.9 Å². The maximum Gasteiger partial charge on any atom is 0.327 e. The van der Waals surface area contributed by atoms with Crippen molar-refractivity contribution in [3.8, 4) is 0 Å². The smallest absolute Gasteiger partial charge is 0.327 e. The lowest BCUT2D eigenvalue weighted by Crippen LogP contribution is -2.57. The third-order valence-corrected chi connectivity index (χ3v) is 4.30. The number of thiol groups is 1. The van der Waals surface area contributed by atoms with E-state index in [2.05, 4.69) is 28.6 Å². The SMILES string of the molecule is C[C@@H](O)[C@H](NC(=O)CNC(=O)[C@@H](N)Cc1ccccc1)C(=O)N[C@@H](CS)C(=O)O. The molecule has 0 saturated carbocycles. The first-order valence-electron chi connectivity index (χ1n) is 8.84. The molecule has 0 fully saturated rings. The number of amides is 3. The highest BCUT2D eigenvalue weighted by atomic mass is 32.1. The minimum absolute atomic E-state index is 0.170. The number of nitrogens with one attached hydrogen (secondary N) is 3. The van der Waals surface area contributed by atoms with Gasteiger partial charge in [0.1, 0.15) is 12.1 Å². The van der Waals surface area contributed by atoms with Crippen LogP contribution >= 0.6 is 12.6 Å². The minimum atomic E-state index is -1.40. The summed E-state index contributed by atoms with van der Waals surface area (Å²) in [6.45, 7) is 0.794. The molecule has 0 aromatic heterocycles. The van der Waals surface area contributed by atoms with E-state index in [0.29, 0.717) is 0 Å². The predicted molar refractivity (Wildman–Crippen MR) is 108 cm³/mol. The highest BCUT2D eigenvalue weighted by Crippen LogP contribution is 2.02. The topological polar surface area (TPSA) is 171 Å². The zero-order chi connectivity index (χ0) is 22.0. The monoisotopic (exact) mass is 426 g/mol. The van der Waals surface area contributed by atoms with Gasteiger partial charge in [0.05, 0.1) is 18.7 Å². The summed E-state index contributed by atoms with van der Waals surface area (Å²) in [4.78, 5) is 47.2. The summed E-state index contributed by atoms with van der Waals surface area (Å²) in [6.07, 6.45) is -1.02. The molecule has 11 heteroatoms. The summed E-state index contributed by atoms with van der Waals surface area (Å²) in [5.74, 6) is -3.66. The van der Waals surface area contributed by atoms with Crippen molar-refractivity contribution in [2.24, 2.45) is 5.73 Å². The Labute approximate surface area is 173 Å². The molecule has 1 aromatic rings. The van der Waals surface area contributed by atoms with Crippen LogP contribution in [0.15, 0.2) is 30.3 Å². The van der Waals surface area contributed by atoms with E-state index in [0.717, 1.165) is 5.56 Å². The molecule has 1 rings (SSSR count). The van der Waals surface area contributed by atoms with Gasteiger partial charge in [-0.2, -0.15) is 12.6 Å². The van der Waals surface area contributed by atoms with Crippen LogP contribution in [0.1, 0.15) is 12.5 Å². The Morgan fingerprint density at radius 3 is 2.24 bits per heavy atom. The zero-order valence-corrected chi connectivity index (χ0v) is 16.8. The number of aliphatic carboxylic acids is 1. The number of benzene rings is 1. The van der Waals surface area contributed by atoms with Crippen molar-refractivity contribution in [2.75, 3.05) is 12.3 Å². The number of carbonyl (C=O) groups is 4. The lowest BCUT2D eigenvalue weighted by molar-refractivity contribution is -0.142. The van der Waals surface area contributed by atoms with Gasteiger partial charge >= 0.3 is 5.97 Å². The van der Waals surface area contributed by atoms with Gasteiger partial charge in [-0.25, -0.2) is 4.79 Å². The van der Waals surface area contributed by atoms with Gasteiger partial charge in [0.15, 0.2) is 0 Å². The second-order valence-corrected chi connectivity index (χ2v) is 6.75. The Balaban J connectivity index is 2.55. The predicted octanol–water partition coefficient (Wildman–Crippen LogP) is -1.96. The van der Waals surface area contributed by atoms with Crippen molar-refractivity contribution < 1.29 is 29.4 Å². The van der Waals surface area contributed by atoms with E-state index in [-0.39, 0.29) is 12.2 Å². The van der Waals surface area contributed by atoms with Gasteiger partial charge in [0.2, 0.25) is 17.7 Å². The standard InChI is InChI=1S/C18H26N4O6S/c1-10(23)15(17(26)21-13(9-29)18(27)28)22-14(24)8-20-16(25)12(19)7-11-5-3-2-4-6-11/h2-6,10,12-13,15,23,29H,7-9,19H2,1H3,(H,20,25)(H,21,26)(H,22,24)(H,27,28)/t10-,12+,13+,15+/m1/s1. The van der Waals surface area contributed by atoms with Crippen molar-refractivity contribution in [1.82, 2.24) is 16.0 Å². The molecule has 29 heavy (non-hydrogen) atoms. The molecule has 7 N–H and O–H groups in total. The molecule has 0 aliphatic rings. The number of carboxylic acid groups (broad SMARTS) is 1. The average Bonchev–Trinajstić information content (AvgIpc) is 2.68. The Hall–Kier alpha value is -2.63. The van der Waals surface area contributed by atoms with Crippen LogP contribution in [0, 0.1) is 0 Å². The molecule has 0 unspecified atom stereocenters. The Morgan fingerprint density at radius 1 is 1.10 bits per heavy atom. The lowest BCUT2D eigenvalue weighted by atomic mass is 10.1. The molecule has 0 aliphatic carbocycles. The van der Waals surface area contributed by atoms with Gasteiger partial charge in [-0.3, -0.25) is 14.4 Å². The van der Waals surface area contributed by atoms with Crippen LogP contribution in [0.5, 0.6) is 0 Å². The van der Waals surface area contributed by atoms with Gasteiger partial charge in [0, 0.05) is 5.75 Å². The second kappa shape index (κ2) is 12.0. The van der Waals surface area contributed by atoms with Crippen LogP contribution in [0.2, 0.25) is 0 Å². The fourth-order valence-electron chi connectivity index (χ4n) is 2.34. The minimum Gasteiger partial charge on any atom is -0.480 e. The maximum atomic E-state index is 12.2. The van der Waals surface area contributed by atoms with Crippen LogP contribution in [-0.2, 0) is 25.6 Å². The number of hydrogen-bond acceptors (Lipinski definition) is 7. The molecule has 3 amide bonds. The Morgan fingerprint density at radius 2 is 1.72 bits per heavy atom. The van der Waals surface area contributed by atoms with Crippen LogP contribution in [0.4, 0.5) is 0 Å². The van der Waals surface area contributed by atoms with Crippen molar-refractivity contribution >= 4 is 36.3 Å². The average molecular weight is 426 g/mol. The number of aliphatic hydroxyl groups is 1. The van der Waals surface area contributed by atoms with E-state index in [9.17, 15) is 24.3 Å². The number of rotatable bonds is 11. The molecule has 4 atom stereocenters. The van der Waals surface area contributed by atoms with Gasteiger partial charge in [-0.1, -0.05) is 30.3 Å². The van der Waals surface area contributed by atoms with Crippen molar-refractivity contribution in [2.45, 2.75) is 37.6 Å². The fraction of sp³-hybridized carbons (Fsp3) is 0.444. The highest BCUT2D eigenvalue weighted by molar-refractivity contribution is 7.80. The zero-order valence-electron chi connectivity index (χ0n) is 15.9. The van der Waals surface area contributed by atoms with Crippen molar-refractivity contribution in [1.29, 1.82) is 0 Å². The summed E-state index contributed by atoms with van der Waals surface area (Å²) in [5.41, 5.74) is 6.68. The second-order valence-electron chi connectivity index (χ2n) is 6.38. The normalized spacial score (nSPS) is 14.8. The van der Waals surface area contributed by atoms with Crippen LogP contribution < -0.4 is 21.7 Å². The molecule has 0 radical (unpaired) electrons. The number of carboxylic acids is 1. The molecule has 0 spiro atoms. The van der Waals surface area contributed by atoms with E-state index < -0.39 is 54.5 Å². The maximum absolute atomic E-state index is 12.2. The fourth-order valence-corrected chi connectivity index (χ4v) is 2.58. The third kappa shape index (κ3) is 8.50. The van der Waals surface area contributed by atoms with Crippen molar-refractivity contribution in [3.05, 3.63) is 35.9 Å². The third-order valence-electron chi connectivity index (χ3n) is 3.94. The van der Waals surface area contributed by atoms with E-state index in [1.165, 1.54) is 6.92 Å². The summed E-state index contributed by atoms with van der Waals surface area (Å²) in [5, 5.41) is 25.5. The van der Waals surface area contributed by atoms with Crippen LogP contribution in [0.25, 0.3) is 0 Å². The largest absolute Gasteiger partial charge is 0.480 e. The first-order chi connectivity index (χ1) is 13.6. The van der Waals surface area contributed by atoms with E-state index in [1.54, 1.807) is 0 Å². The van der Waals surface area contributed by atoms with E-state index in [4.69, 9.17) is 10.8 Å². The first kappa shape index (κ1) is 24.4. The highest BCUT2D eigenvalue weighted by Gasteiger charge is 2.29. The van der Waals surface area contributed by atoms with E-state index in [1.807, 2.05) is 30.3 Å². The molecule has 0 saturated heterocycles. The molecule has 160 valence electrons. The van der Waals surface area contributed by atoms with Gasteiger partial charge in [-0.15, -0.1) is 0 Å². The lowest BCUT2D eigenvalue weighted by Gasteiger charge is -2.23. The van der Waals surface area contributed by atoms with Gasteiger partial charge in [-0.05, 0) is 18.9 Å². The number of carbonyl (C=O) groups excluding carboxylic acids is 3. The molecule has 0 aliphatic heterocycles. The van der Waals surface area contributed by atoms with Crippen LogP contribution in [-0.4, -0.2) is 70.4 Å². The summed E-state index contributed by atoms with van der Waals surface area (Å²) < 4.78 is 0. The summed E-state index contributed by atoms with van der Waals surface area (Å²) in [6, 6.07) is 5.56. The Kier molecular flexibility index (Phi) is 10.1. The number of nitrogens with two attached hydrogens (primary N) is 1. The number of aliphatic hydroxyl groups excluding tert-OH is 1. The molecule has 10 nitrogen and oxygen atoms in total. The molecular weight excluding hydrogens is 400 g/mol. The molecule has 0 heterocycles. The molecular formula is C18H26N4O6S. The van der Waals surface area contributed by atoms with E-state index >= 15 is 0 Å².